The van der Waals surface area contributed by atoms with Crippen molar-refractivity contribution in [2.24, 2.45) is 29.2 Å². The van der Waals surface area contributed by atoms with E-state index in [0.717, 1.165) is 37.0 Å². The van der Waals surface area contributed by atoms with Crippen LogP contribution in [0.3, 0.4) is 0 Å². The molecule has 3 amide bonds. The van der Waals surface area contributed by atoms with Crippen LogP contribution >= 0.6 is 0 Å². The first-order valence-electron chi connectivity index (χ1n) is 8.92. The predicted octanol–water partition coefficient (Wildman–Crippen LogP) is -0.221. The Morgan fingerprint density at radius 3 is 2.00 bits per heavy atom. The van der Waals surface area contributed by atoms with E-state index in [1.807, 2.05) is 0 Å². The van der Waals surface area contributed by atoms with E-state index in [1.54, 1.807) is 0 Å². The van der Waals surface area contributed by atoms with Gasteiger partial charge < -0.3 is 22.1 Å². The SMILES string of the molecule is CC(N)C(=O)NC(CC(=O)NC12CC3CC(CC(C3)C1)C2)C(N)=O. The standard InChI is InChI=1S/C17H28N4O3/c1-9(18)16(24)20-13(15(19)23)5-14(22)21-17-6-10-2-11(7-17)4-12(3-10)8-17/h9-13H,2-8,18H2,1H3,(H2,19,23)(H,20,24)(H,21,22). The fourth-order valence-corrected chi connectivity index (χ4v) is 5.32. The van der Waals surface area contributed by atoms with E-state index in [0.29, 0.717) is 0 Å². The van der Waals surface area contributed by atoms with Gasteiger partial charge in [0.25, 0.3) is 0 Å². The second-order valence-electron chi connectivity index (χ2n) is 8.20. The van der Waals surface area contributed by atoms with E-state index in [9.17, 15) is 14.4 Å². The lowest BCUT2D eigenvalue weighted by atomic mass is 9.53. The third-order valence-corrected chi connectivity index (χ3v) is 5.91. The highest BCUT2D eigenvalue weighted by atomic mass is 16.2. The molecule has 0 heterocycles. The summed E-state index contributed by atoms with van der Waals surface area (Å²) in [4.78, 5) is 35.7. The molecule has 2 unspecified atom stereocenters. The van der Waals surface area contributed by atoms with E-state index < -0.39 is 23.9 Å². The van der Waals surface area contributed by atoms with Crippen molar-refractivity contribution in [3.8, 4) is 0 Å². The zero-order chi connectivity index (χ0) is 17.5. The summed E-state index contributed by atoms with van der Waals surface area (Å²) in [6.45, 7) is 1.52. The van der Waals surface area contributed by atoms with Crippen LogP contribution in [0.15, 0.2) is 0 Å². The van der Waals surface area contributed by atoms with Crippen molar-refractivity contribution in [1.82, 2.24) is 10.6 Å². The van der Waals surface area contributed by atoms with Crippen LogP contribution in [0.1, 0.15) is 51.9 Å². The topological polar surface area (TPSA) is 127 Å². The minimum absolute atomic E-state index is 0.112. The van der Waals surface area contributed by atoms with Crippen molar-refractivity contribution >= 4 is 17.7 Å². The quantitative estimate of drug-likeness (QED) is 0.534. The molecule has 0 aromatic carbocycles. The van der Waals surface area contributed by atoms with Crippen LogP contribution < -0.4 is 22.1 Å². The normalized spacial score (nSPS) is 36.0. The predicted molar refractivity (Wildman–Crippen MR) is 88.4 cm³/mol. The van der Waals surface area contributed by atoms with E-state index in [-0.39, 0.29) is 17.9 Å². The van der Waals surface area contributed by atoms with Gasteiger partial charge in [-0.1, -0.05) is 0 Å². The lowest BCUT2D eigenvalue weighted by Crippen LogP contribution is -2.61. The molecule has 0 radical (unpaired) electrons. The summed E-state index contributed by atoms with van der Waals surface area (Å²) in [5, 5.41) is 5.64. The van der Waals surface area contributed by atoms with Crippen LogP contribution in [0.4, 0.5) is 0 Å². The van der Waals surface area contributed by atoms with Crippen LogP contribution in [-0.4, -0.2) is 35.3 Å². The molecule has 4 rings (SSSR count). The summed E-state index contributed by atoms with van der Waals surface area (Å²) >= 11 is 0. The Labute approximate surface area is 142 Å². The number of carbonyl (C=O) groups excluding carboxylic acids is 3. The van der Waals surface area contributed by atoms with Gasteiger partial charge in [0.15, 0.2) is 0 Å². The van der Waals surface area contributed by atoms with Crippen molar-refractivity contribution in [3.05, 3.63) is 0 Å². The van der Waals surface area contributed by atoms with Gasteiger partial charge in [-0.15, -0.1) is 0 Å². The fourth-order valence-electron chi connectivity index (χ4n) is 5.32. The van der Waals surface area contributed by atoms with Crippen molar-refractivity contribution in [2.75, 3.05) is 0 Å². The summed E-state index contributed by atoms with van der Waals surface area (Å²) in [6, 6.07) is -1.77. The maximum absolute atomic E-state index is 12.5. The summed E-state index contributed by atoms with van der Waals surface area (Å²) in [5.41, 5.74) is 10.7. The van der Waals surface area contributed by atoms with Gasteiger partial charge in [-0.25, -0.2) is 0 Å². The molecule has 0 saturated heterocycles. The molecule has 4 saturated carbocycles. The molecule has 4 bridgehead atoms. The Morgan fingerprint density at radius 1 is 1.08 bits per heavy atom. The Bertz CT molecular complexity index is 511. The van der Waals surface area contributed by atoms with Gasteiger partial charge in [-0.3, -0.25) is 14.4 Å². The van der Waals surface area contributed by atoms with Gasteiger partial charge in [-0.05, 0) is 63.2 Å². The largest absolute Gasteiger partial charge is 0.368 e. The molecule has 0 aliphatic heterocycles. The Balaban J connectivity index is 1.60. The summed E-state index contributed by atoms with van der Waals surface area (Å²) < 4.78 is 0. The average Bonchev–Trinajstić information content (AvgIpc) is 2.43. The second-order valence-corrected chi connectivity index (χ2v) is 8.20. The van der Waals surface area contributed by atoms with Gasteiger partial charge in [0, 0.05) is 5.54 Å². The molecule has 2 atom stereocenters. The number of rotatable bonds is 6. The molecule has 6 N–H and O–H groups in total. The van der Waals surface area contributed by atoms with Gasteiger partial charge in [0.1, 0.15) is 6.04 Å². The number of primary amides is 1. The molecule has 4 aliphatic rings. The van der Waals surface area contributed by atoms with Crippen LogP contribution in [0.2, 0.25) is 0 Å². The summed E-state index contributed by atoms with van der Waals surface area (Å²) in [5.74, 6) is 0.751. The lowest BCUT2D eigenvalue weighted by molar-refractivity contribution is -0.132. The molecule has 0 aromatic rings. The molecule has 24 heavy (non-hydrogen) atoms. The first kappa shape index (κ1) is 17.2. The smallest absolute Gasteiger partial charge is 0.240 e. The molecule has 7 nitrogen and oxygen atoms in total. The van der Waals surface area contributed by atoms with Crippen LogP contribution in [0.25, 0.3) is 0 Å². The van der Waals surface area contributed by atoms with E-state index in [1.165, 1.54) is 26.2 Å². The molecule has 0 aromatic heterocycles. The van der Waals surface area contributed by atoms with Crippen molar-refractivity contribution in [1.29, 1.82) is 0 Å². The number of amides is 3. The first-order chi connectivity index (χ1) is 11.3. The third-order valence-electron chi connectivity index (χ3n) is 5.91. The monoisotopic (exact) mass is 336 g/mol. The number of nitrogens with one attached hydrogen (secondary N) is 2. The van der Waals surface area contributed by atoms with E-state index in [4.69, 9.17) is 11.5 Å². The molecule has 4 fully saturated rings. The maximum Gasteiger partial charge on any atom is 0.240 e. The van der Waals surface area contributed by atoms with Crippen molar-refractivity contribution in [3.63, 3.8) is 0 Å². The number of hydrogen-bond donors (Lipinski definition) is 4. The third kappa shape index (κ3) is 3.55. The second kappa shape index (κ2) is 6.35. The van der Waals surface area contributed by atoms with Gasteiger partial charge in [-0.2, -0.15) is 0 Å². The summed E-state index contributed by atoms with van der Waals surface area (Å²) in [6.07, 6.45) is 6.88. The highest BCUT2D eigenvalue weighted by Crippen LogP contribution is 2.55. The van der Waals surface area contributed by atoms with Gasteiger partial charge in [0.2, 0.25) is 17.7 Å². The minimum atomic E-state index is -1.02. The molecular formula is C17H28N4O3. The first-order valence-corrected chi connectivity index (χ1v) is 8.92. The van der Waals surface area contributed by atoms with Crippen molar-refractivity contribution in [2.45, 2.75) is 69.5 Å². The van der Waals surface area contributed by atoms with E-state index in [2.05, 4.69) is 10.6 Å². The van der Waals surface area contributed by atoms with Gasteiger partial charge >= 0.3 is 0 Å². The Morgan fingerprint density at radius 2 is 1.58 bits per heavy atom. The van der Waals surface area contributed by atoms with Crippen LogP contribution in [0, 0.1) is 17.8 Å². The molecule has 134 valence electrons. The highest BCUT2D eigenvalue weighted by molar-refractivity contribution is 5.92. The average molecular weight is 336 g/mol. The maximum atomic E-state index is 12.5. The molecule has 0 spiro atoms. The lowest BCUT2D eigenvalue weighted by Gasteiger charge is -2.57. The minimum Gasteiger partial charge on any atom is -0.368 e. The fraction of sp³-hybridized carbons (Fsp3) is 0.824. The van der Waals surface area contributed by atoms with E-state index >= 15 is 0 Å². The van der Waals surface area contributed by atoms with Crippen LogP contribution in [0.5, 0.6) is 0 Å². The molecule has 7 heteroatoms. The Kier molecular flexibility index (Phi) is 4.55. The summed E-state index contributed by atoms with van der Waals surface area (Å²) in [7, 11) is 0. The molecular weight excluding hydrogens is 308 g/mol. The Hall–Kier alpha value is -1.63. The number of hydrogen-bond acceptors (Lipinski definition) is 4. The number of carbonyl (C=O) groups is 3. The molecule has 4 aliphatic carbocycles. The van der Waals surface area contributed by atoms with Crippen LogP contribution in [-0.2, 0) is 14.4 Å². The number of nitrogens with two attached hydrogens (primary N) is 2. The zero-order valence-electron chi connectivity index (χ0n) is 14.2. The van der Waals surface area contributed by atoms with Gasteiger partial charge in [0.05, 0.1) is 12.5 Å². The van der Waals surface area contributed by atoms with Crippen molar-refractivity contribution < 1.29 is 14.4 Å². The zero-order valence-corrected chi connectivity index (χ0v) is 14.2. The highest BCUT2D eigenvalue weighted by Gasteiger charge is 2.51.